The molecule has 0 aliphatic carbocycles. The molecule has 1 aliphatic heterocycles. The van der Waals surface area contributed by atoms with E-state index in [2.05, 4.69) is 27.3 Å². The molecule has 0 spiro atoms. The summed E-state index contributed by atoms with van der Waals surface area (Å²) in [6, 6.07) is 12.6. The molecule has 2 aromatic carbocycles. The Labute approximate surface area is 146 Å². The molecule has 1 aliphatic rings. The minimum atomic E-state index is -0.370. The molecule has 0 bridgehead atoms. The number of benzene rings is 2. The number of anilines is 1. The number of piperazine rings is 1. The van der Waals surface area contributed by atoms with Crippen LogP contribution in [0, 0.1) is 12.7 Å². The zero-order valence-electron chi connectivity index (χ0n) is 14.1. The van der Waals surface area contributed by atoms with Crippen molar-refractivity contribution in [3.05, 3.63) is 60.0 Å². The number of fused-ring (bicyclic) bond motifs is 1. The largest absolute Gasteiger partial charge is 0.453 e. The number of nitrogens with one attached hydrogen (secondary N) is 1. The van der Waals surface area contributed by atoms with Gasteiger partial charge >= 0.3 is 0 Å². The van der Waals surface area contributed by atoms with E-state index in [1.165, 1.54) is 6.07 Å². The van der Waals surface area contributed by atoms with Gasteiger partial charge in [-0.3, -0.25) is 4.98 Å². The lowest BCUT2D eigenvalue weighted by Crippen LogP contribution is -2.43. The van der Waals surface area contributed by atoms with Crippen LogP contribution in [-0.2, 0) is 0 Å². The fourth-order valence-corrected chi connectivity index (χ4v) is 3.15. The Bertz CT molecular complexity index is 907. The van der Waals surface area contributed by atoms with Crippen LogP contribution in [0.25, 0.3) is 10.9 Å². The molecule has 1 N–H and O–H groups in total. The predicted molar refractivity (Wildman–Crippen MR) is 98.0 cm³/mol. The number of rotatable bonds is 3. The Morgan fingerprint density at radius 1 is 1.12 bits per heavy atom. The Morgan fingerprint density at radius 3 is 2.72 bits per heavy atom. The first-order valence-corrected chi connectivity index (χ1v) is 8.50. The maximum absolute atomic E-state index is 14.0. The SMILES string of the molecule is Cc1cnc2ccc(N3CCNCC3)cc2c1Oc1ccccc1F. The van der Waals surface area contributed by atoms with Crippen molar-refractivity contribution in [2.24, 2.45) is 0 Å². The molecule has 0 atom stereocenters. The zero-order chi connectivity index (χ0) is 17.2. The number of aromatic nitrogens is 1. The monoisotopic (exact) mass is 337 g/mol. The summed E-state index contributed by atoms with van der Waals surface area (Å²) in [5.74, 6) is 0.517. The third kappa shape index (κ3) is 3.15. The maximum atomic E-state index is 14.0. The lowest BCUT2D eigenvalue weighted by Gasteiger charge is -2.29. The van der Waals surface area contributed by atoms with Gasteiger partial charge in [-0.1, -0.05) is 12.1 Å². The van der Waals surface area contributed by atoms with Crippen molar-refractivity contribution in [3.8, 4) is 11.5 Å². The highest BCUT2D eigenvalue weighted by atomic mass is 19.1. The molecule has 3 aromatic rings. The summed E-state index contributed by atoms with van der Waals surface area (Å²) in [7, 11) is 0. The molecule has 4 rings (SSSR count). The Morgan fingerprint density at radius 2 is 1.92 bits per heavy atom. The van der Waals surface area contributed by atoms with Crippen LogP contribution in [0.2, 0.25) is 0 Å². The van der Waals surface area contributed by atoms with Gasteiger partial charge in [0.15, 0.2) is 11.6 Å². The molecule has 25 heavy (non-hydrogen) atoms. The molecular weight excluding hydrogens is 317 g/mol. The number of ether oxygens (including phenoxy) is 1. The third-order valence-corrected chi connectivity index (χ3v) is 4.51. The normalized spacial score (nSPS) is 14.7. The molecule has 0 amide bonds. The summed E-state index contributed by atoms with van der Waals surface area (Å²) in [4.78, 5) is 6.83. The third-order valence-electron chi connectivity index (χ3n) is 4.51. The number of halogens is 1. The Kier molecular flexibility index (Phi) is 4.24. The molecule has 0 saturated carbocycles. The topological polar surface area (TPSA) is 37.4 Å². The zero-order valence-corrected chi connectivity index (χ0v) is 14.1. The first-order valence-electron chi connectivity index (χ1n) is 8.50. The number of para-hydroxylation sites is 1. The van der Waals surface area contributed by atoms with E-state index in [1.807, 2.05) is 13.0 Å². The molecule has 0 unspecified atom stereocenters. The van der Waals surface area contributed by atoms with Gasteiger partial charge in [0, 0.05) is 49.0 Å². The molecule has 4 nitrogen and oxygen atoms in total. The highest BCUT2D eigenvalue weighted by Gasteiger charge is 2.15. The van der Waals surface area contributed by atoms with Crippen molar-refractivity contribution in [1.29, 1.82) is 0 Å². The number of pyridine rings is 1. The van der Waals surface area contributed by atoms with Gasteiger partial charge in [0.05, 0.1) is 5.52 Å². The fourth-order valence-electron chi connectivity index (χ4n) is 3.15. The first-order chi connectivity index (χ1) is 12.2. The molecule has 1 fully saturated rings. The van der Waals surface area contributed by atoms with Crippen LogP contribution in [0.1, 0.15) is 5.56 Å². The second-order valence-electron chi connectivity index (χ2n) is 6.24. The van der Waals surface area contributed by atoms with Crippen LogP contribution in [0.5, 0.6) is 11.5 Å². The minimum Gasteiger partial charge on any atom is -0.453 e. The average Bonchev–Trinajstić information content (AvgIpc) is 2.66. The van der Waals surface area contributed by atoms with Gasteiger partial charge < -0.3 is 15.0 Å². The van der Waals surface area contributed by atoms with E-state index in [1.54, 1.807) is 24.4 Å². The summed E-state index contributed by atoms with van der Waals surface area (Å²) >= 11 is 0. The van der Waals surface area contributed by atoms with Crippen LogP contribution in [0.3, 0.4) is 0 Å². The van der Waals surface area contributed by atoms with Crippen LogP contribution >= 0.6 is 0 Å². The molecule has 2 heterocycles. The number of hydrogen-bond acceptors (Lipinski definition) is 4. The van der Waals surface area contributed by atoms with Crippen LogP contribution in [-0.4, -0.2) is 31.2 Å². The smallest absolute Gasteiger partial charge is 0.165 e. The quantitative estimate of drug-likeness (QED) is 0.787. The van der Waals surface area contributed by atoms with Gasteiger partial charge in [-0.2, -0.15) is 0 Å². The Balaban J connectivity index is 1.79. The lowest BCUT2D eigenvalue weighted by molar-refractivity contribution is 0.443. The van der Waals surface area contributed by atoms with Gasteiger partial charge in [0.2, 0.25) is 0 Å². The van der Waals surface area contributed by atoms with Gasteiger partial charge in [-0.25, -0.2) is 4.39 Å². The maximum Gasteiger partial charge on any atom is 0.165 e. The molecule has 128 valence electrons. The van der Waals surface area contributed by atoms with Crippen LogP contribution < -0.4 is 15.0 Å². The van der Waals surface area contributed by atoms with E-state index in [9.17, 15) is 4.39 Å². The molecule has 0 radical (unpaired) electrons. The highest BCUT2D eigenvalue weighted by molar-refractivity contribution is 5.89. The number of aryl methyl sites for hydroxylation is 1. The predicted octanol–water partition coefficient (Wildman–Crippen LogP) is 3.88. The number of hydrogen-bond donors (Lipinski definition) is 1. The summed E-state index contributed by atoms with van der Waals surface area (Å²) in [6.07, 6.45) is 1.77. The van der Waals surface area contributed by atoms with Gasteiger partial charge in [0.25, 0.3) is 0 Å². The second-order valence-corrected chi connectivity index (χ2v) is 6.24. The summed E-state index contributed by atoms with van der Waals surface area (Å²) in [5, 5.41) is 4.26. The van der Waals surface area contributed by atoms with Crippen molar-refractivity contribution < 1.29 is 9.13 Å². The second kappa shape index (κ2) is 6.69. The van der Waals surface area contributed by atoms with Gasteiger partial charge in [-0.15, -0.1) is 0 Å². The number of nitrogens with zero attached hydrogens (tertiary/aromatic N) is 2. The molecule has 1 saturated heterocycles. The van der Waals surface area contributed by atoms with E-state index >= 15 is 0 Å². The molecule has 1 aromatic heterocycles. The van der Waals surface area contributed by atoms with Crippen LogP contribution in [0.4, 0.5) is 10.1 Å². The van der Waals surface area contributed by atoms with Crippen molar-refractivity contribution >= 4 is 16.6 Å². The summed E-state index contributed by atoms with van der Waals surface area (Å²) < 4.78 is 20.0. The van der Waals surface area contributed by atoms with Crippen molar-refractivity contribution in [1.82, 2.24) is 10.3 Å². The average molecular weight is 337 g/mol. The standard InChI is InChI=1S/C20H20FN3O/c1-14-13-23-18-7-6-15(24-10-8-22-9-11-24)12-16(18)20(14)25-19-5-3-2-4-17(19)21/h2-7,12-13,22H,8-11H2,1H3. The van der Waals surface area contributed by atoms with Crippen LogP contribution in [0.15, 0.2) is 48.7 Å². The van der Waals surface area contributed by atoms with E-state index in [0.717, 1.165) is 48.3 Å². The van der Waals surface area contributed by atoms with E-state index in [0.29, 0.717) is 5.75 Å². The summed E-state index contributed by atoms with van der Waals surface area (Å²) in [5.41, 5.74) is 2.86. The van der Waals surface area contributed by atoms with Crippen molar-refractivity contribution in [2.45, 2.75) is 6.92 Å². The van der Waals surface area contributed by atoms with Gasteiger partial charge in [0.1, 0.15) is 5.75 Å². The van der Waals surface area contributed by atoms with E-state index in [-0.39, 0.29) is 11.6 Å². The van der Waals surface area contributed by atoms with Crippen molar-refractivity contribution in [3.63, 3.8) is 0 Å². The van der Waals surface area contributed by atoms with E-state index in [4.69, 9.17) is 4.74 Å². The van der Waals surface area contributed by atoms with Crippen molar-refractivity contribution in [2.75, 3.05) is 31.1 Å². The van der Waals surface area contributed by atoms with Gasteiger partial charge in [-0.05, 0) is 37.3 Å². The molecule has 5 heteroatoms. The Hall–Kier alpha value is -2.66. The minimum absolute atomic E-state index is 0.227. The van der Waals surface area contributed by atoms with E-state index < -0.39 is 0 Å². The fraction of sp³-hybridized carbons (Fsp3) is 0.250. The molecular formula is C20H20FN3O. The lowest BCUT2D eigenvalue weighted by atomic mass is 10.1. The summed E-state index contributed by atoms with van der Waals surface area (Å²) in [6.45, 7) is 5.81. The highest BCUT2D eigenvalue weighted by Crippen LogP contribution is 2.35. The first kappa shape index (κ1) is 15.8.